The van der Waals surface area contributed by atoms with Crippen LogP contribution in [0.5, 0.6) is 0 Å². The van der Waals surface area contributed by atoms with Gasteiger partial charge >= 0.3 is 6.03 Å². The quantitative estimate of drug-likeness (QED) is 0.591. The van der Waals surface area contributed by atoms with E-state index in [0.717, 1.165) is 32.2 Å². The average Bonchev–Trinajstić information content (AvgIpc) is 2.66. The van der Waals surface area contributed by atoms with Gasteiger partial charge in [-0.1, -0.05) is 33.1 Å². The van der Waals surface area contributed by atoms with E-state index < -0.39 is 0 Å². The number of nitrogens with zero attached hydrogens (tertiary/aromatic N) is 1. The number of rotatable bonds is 7. The van der Waals surface area contributed by atoms with E-state index in [0.29, 0.717) is 32.0 Å². The number of urea groups is 1. The lowest BCUT2D eigenvalue weighted by Crippen LogP contribution is -2.50. The zero-order valence-corrected chi connectivity index (χ0v) is 16.9. The topological polar surface area (TPSA) is 90.5 Å². The van der Waals surface area contributed by atoms with E-state index in [-0.39, 0.29) is 29.8 Å². The molecule has 3 N–H and O–H groups in total. The van der Waals surface area contributed by atoms with E-state index >= 15 is 0 Å². The van der Waals surface area contributed by atoms with Crippen LogP contribution in [0.25, 0.3) is 0 Å². The van der Waals surface area contributed by atoms with Crippen LogP contribution in [0.4, 0.5) is 4.79 Å². The van der Waals surface area contributed by atoms with Gasteiger partial charge in [0.1, 0.15) is 0 Å². The van der Waals surface area contributed by atoms with Crippen LogP contribution < -0.4 is 16.0 Å². The minimum Gasteiger partial charge on any atom is -0.351 e. The molecule has 0 aromatic heterocycles. The van der Waals surface area contributed by atoms with E-state index in [2.05, 4.69) is 16.0 Å². The maximum absolute atomic E-state index is 12.4. The Hall–Kier alpha value is -1.79. The molecule has 1 aliphatic heterocycles. The van der Waals surface area contributed by atoms with Gasteiger partial charge in [-0.2, -0.15) is 0 Å². The van der Waals surface area contributed by atoms with Crippen molar-refractivity contribution in [3.8, 4) is 0 Å². The molecule has 0 aromatic carbocycles. The number of amides is 4. The molecule has 0 aromatic rings. The molecule has 154 valence electrons. The molecule has 1 unspecified atom stereocenters. The molecule has 0 spiro atoms. The maximum Gasteiger partial charge on any atom is 0.315 e. The zero-order chi connectivity index (χ0) is 19.6. The molecule has 0 bridgehead atoms. The normalized spacial score (nSPS) is 21.0. The van der Waals surface area contributed by atoms with Gasteiger partial charge in [-0.3, -0.25) is 9.59 Å². The second kappa shape index (κ2) is 11.1. The van der Waals surface area contributed by atoms with Gasteiger partial charge in [0, 0.05) is 44.1 Å². The first-order valence-electron chi connectivity index (χ1n) is 10.6. The molecular formula is C20H36N4O3. The number of carbonyl (C=O) groups is 3. The Kier molecular flexibility index (Phi) is 8.88. The lowest BCUT2D eigenvalue weighted by molar-refractivity contribution is -0.134. The largest absolute Gasteiger partial charge is 0.351 e. The summed E-state index contributed by atoms with van der Waals surface area (Å²) in [5.74, 6) is 0.109. The molecular weight excluding hydrogens is 344 g/mol. The summed E-state index contributed by atoms with van der Waals surface area (Å²) in [7, 11) is 0. The smallest absolute Gasteiger partial charge is 0.315 e. The first-order chi connectivity index (χ1) is 13.0. The Balaban J connectivity index is 1.60. The molecule has 7 heteroatoms. The van der Waals surface area contributed by atoms with Gasteiger partial charge in [0.15, 0.2) is 0 Å². The average molecular weight is 381 g/mol. The third-order valence-electron chi connectivity index (χ3n) is 5.44. The third-order valence-corrected chi connectivity index (χ3v) is 5.44. The summed E-state index contributed by atoms with van der Waals surface area (Å²) in [6.07, 6.45) is 8.67. The number of hydrogen-bond donors (Lipinski definition) is 3. The van der Waals surface area contributed by atoms with Crippen LogP contribution in [-0.2, 0) is 9.59 Å². The molecule has 2 fully saturated rings. The molecule has 4 amide bonds. The van der Waals surface area contributed by atoms with Gasteiger partial charge in [0.25, 0.3) is 0 Å². The standard InChI is InChI=1S/C20H36N4O3/c1-15(2)19(26)22-17-10-7-13-24(14-17)18(25)11-6-12-21-20(27)23-16-8-4-3-5-9-16/h15-17H,3-14H2,1-2H3,(H,22,26)(H2,21,23,27). The van der Waals surface area contributed by atoms with Crippen molar-refractivity contribution in [2.45, 2.75) is 83.7 Å². The van der Waals surface area contributed by atoms with Crippen molar-refractivity contribution in [3.63, 3.8) is 0 Å². The summed E-state index contributed by atoms with van der Waals surface area (Å²) < 4.78 is 0. The van der Waals surface area contributed by atoms with Crippen molar-refractivity contribution in [2.75, 3.05) is 19.6 Å². The van der Waals surface area contributed by atoms with Crippen molar-refractivity contribution in [1.29, 1.82) is 0 Å². The summed E-state index contributed by atoms with van der Waals surface area (Å²) >= 11 is 0. The van der Waals surface area contributed by atoms with Gasteiger partial charge in [0.05, 0.1) is 0 Å². The van der Waals surface area contributed by atoms with Gasteiger partial charge in [-0.25, -0.2) is 4.79 Å². The number of likely N-dealkylation sites (tertiary alicyclic amines) is 1. The fraction of sp³-hybridized carbons (Fsp3) is 0.850. The molecule has 1 aliphatic carbocycles. The van der Waals surface area contributed by atoms with Gasteiger partial charge in [-0.05, 0) is 32.1 Å². The molecule has 1 atom stereocenters. The first-order valence-corrected chi connectivity index (χ1v) is 10.6. The molecule has 2 aliphatic rings. The molecule has 7 nitrogen and oxygen atoms in total. The van der Waals surface area contributed by atoms with E-state index in [1.54, 1.807) is 0 Å². The minimum atomic E-state index is -0.121. The van der Waals surface area contributed by atoms with Crippen LogP contribution in [0, 0.1) is 5.92 Å². The Morgan fingerprint density at radius 1 is 0.963 bits per heavy atom. The second-order valence-electron chi connectivity index (χ2n) is 8.18. The molecule has 27 heavy (non-hydrogen) atoms. The SMILES string of the molecule is CC(C)C(=O)NC1CCCN(C(=O)CCCNC(=O)NC2CCCCC2)C1. The molecule has 1 saturated heterocycles. The Labute approximate surface area is 163 Å². The van der Waals surface area contributed by atoms with Gasteiger partial charge < -0.3 is 20.9 Å². The Morgan fingerprint density at radius 3 is 2.37 bits per heavy atom. The summed E-state index contributed by atoms with van der Waals surface area (Å²) in [6.45, 7) is 5.60. The van der Waals surface area contributed by atoms with Crippen molar-refractivity contribution in [2.24, 2.45) is 5.92 Å². The summed E-state index contributed by atoms with van der Waals surface area (Å²) in [4.78, 5) is 38.0. The number of piperidine rings is 1. The van der Waals surface area contributed by atoms with E-state index in [9.17, 15) is 14.4 Å². The highest BCUT2D eigenvalue weighted by Crippen LogP contribution is 2.17. The van der Waals surface area contributed by atoms with Crippen LogP contribution in [-0.4, -0.2) is 54.5 Å². The molecule has 1 heterocycles. The highest BCUT2D eigenvalue weighted by atomic mass is 16.2. The van der Waals surface area contributed by atoms with Crippen molar-refractivity contribution in [1.82, 2.24) is 20.9 Å². The van der Waals surface area contributed by atoms with E-state index in [1.165, 1.54) is 19.3 Å². The van der Waals surface area contributed by atoms with Crippen LogP contribution in [0.15, 0.2) is 0 Å². The van der Waals surface area contributed by atoms with Crippen molar-refractivity contribution in [3.05, 3.63) is 0 Å². The van der Waals surface area contributed by atoms with Crippen molar-refractivity contribution < 1.29 is 14.4 Å². The minimum absolute atomic E-state index is 0.0399. The summed E-state index contributed by atoms with van der Waals surface area (Å²) in [6, 6.07) is 0.229. The van der Waals surface area contributed by atoms with Crippen LogP contribution >= 0.6 is 0 Å². The van der Waals surface area contributed by atoms with E-state index in [1.807, 2.05) is 18.7 Å². The lowest BCUT2D eigenvalue weighted by atomic mass is 9.96. The van der Waals surface area contributed by atoms with Gasteiger partial charge in [-0.15, -0.1) is 0 Å². The third kappa shape index (κ3) is 7.77. The lowest BCUT2D eigenvalue weighted by Gasteiger charge is -2.33. The van der Waals surface area contributed by atoms with Gasteiger partial charge in [0.2, 0.25) is 11.8 Å². The maximum atomic E-state index is 12.4. The monoisotopic (exact) mass is 380 g/mol. The summed E-state index contributed by atoms with van der Waals surface area (Å²) in [5.41, 5.74) is 0. The predicted octanol–water partition coefficient (Wildman–Crippen LogP) is 2.16. The van der Waals surface area contributed by atoms with Crippen LogP contribution in [0.3, 0.4) is 0 Å². The highest BCUT2D eigenvalue weighted by molar-refractivity contribution is 5.79. The predicted molar refractivity (Wildman–Crippen MR) is 105 cm³/mol. The van der Waals surface area contributed by atoms with Crippen LogP contribution in [0.1, 0.15) is 71.6 Å². The molecule has 0 radical (unpaired) electrons. The first kappa shape index (κ1) is 21.5. The Morgan fingerprint density at radius 2 is 1.67 bits per heavy atom. The van der Waals surface area contributed by atoms with Crippen LogP contribution in [0.2, 0.25) is 0 Å². The number of carbonyl (C=O) groups excluding carboxylic acids is 3. The fourth-order valence-corrected chi connectivity index (χ4v) is 3.77. The van der Waals surface area contributed by atoms with Crippen molar-refractivity contribution >= 4 is 17.8 Å². The summed E-state index contributed by atoms with van der Waals surface area (Å²) in [5, 5.41) is 8.90. The fourth-order valence-electron chi connectivity index (χ4n) is 3.77. The Bertz CT molecular complexity index is 503. The highest BCUT2D eigenvalue weighted by Gasteiger charge is 2.25. The molecule has 2 rings (SSSR count). The zero-order valence-electron chi connectivity index (χ0n) is 16.9. The number of nitrogens with one attached hydrogen (secondary N) is 3. The van der Waals surface area contributed by atoms with E-state index in [4.69, 9.17) is 0 Å². The second-order valence-corrected chi connectivity index (χ2v) is 8.18. The number of hydrogen-bond acceptors (Lipinski definition) is 3. The molecule has 1 saturated carbocycles.